The minimum atomic E-state index is -0.226. The van der Waals surface area contributed by atoms with E-state index >= 15 is 0 Å². The van der Waals surface area contributed by atoms with Gasteiger partial charge < -0.3 is 9.84 Å². The monoisotopic (exact) mass is 378 g/mol. The fourth-order valence-electron chi connectivity index (χ4n) is 3.68. The van der Waals surface area contributed by atoms with Gasteiger partial charge in [-0.2, -0.15) is 5.10 Å². The van der Waals surface area contributed by atoms with Crippen LogP contribution in [-0.2, 0) is 6.42 Å². The molecule has 0 aliphatic heterocycles. The van der Waals surface area contributed by atoms with Gasteiger partial charge in [0.2, 0.25) is 5.76 Å². The van der Waals surface area contributed by atoms with E-state index in [4.69, 9.17) is 4.52 Å². The average molecular weight is 378 g/mol. The quantitative estimate of drug-likeness (QED) is 0.730. The lowest BCUT2D eigenvalue weighted by Gasteiger charge is -2.24. The molecule has 4 rings (SSSR count). The van der Waals surface area contributed by atoms with Gasteiger partial charge in [-0.25, -0.2) is 4.68 Å². The largest absolute Gasteiger partial charge is 0.351 e. The van der Waals surface area contributed by atoms with Crippen LogP contribution in [0.5, 0.6) is 0 Å². The van der Waals surface area contributed by atoms with Crippen molar-refractivity contribution in [1.29, 1.82) is 0 Å². The SMILES string of the molecule is Cc1ccc(-n2ncc3c2CCCC3NC(=O)c2cc(C(C)C)no2)cc1C. The van der Waals surface area contributed by atoms with Crippen molar-refractivity contribution in [2.24, 2.45) is 0 Å². The lowest BCUT2D eigenvalue weighted by Crippen LogP contribution is -2.30. The Balaban J connectivity index is 1.58. The summed E-state index contributed by atoms with van der Waals surface area (Å²) in [6.07, 6.45) is 4.73. The first kappa shape index (κ1) is 18.5. The van der Waals surface area contributed by atoms with Crippen molar-refractivity contribution in [2.75, 3.05) is 0 Å². The van der Waals surface area contributed by atoms with Gasteiger partial charge in [0.1, 0.15) is 0 Å². The molecule has 0 bridgehead atoms. The van der Waals surface area contributed by atoms with Crippen LogP contribution in [-0.4, -0.2) is 20.8 Å². The third kappa shape index (κ3) is 3.35. The van der Waals surface area contributed by atoms with Crippen LogP contribution in [0, 0.1) is 13.8 Å². The van der Waals surface area contributed by atoms with Crippen molar-refractivity contribution in [1.82, 2.24) is 20.3 Å². The van der Waals surface area contributed by atoms with Gasteiger partial charge in [0.05, 0.1) is 23.6 Å². The molecule has 2 heterocycles. The summed E-state index contributed by atoms with van der Waals surface area (Å²) in [7, 11) is 0. The van der Waals surface area contributed by atoms with Gasteiger partial charge in [-0.05, 0) is 62.3 Å². The summed E-state index contributed by atoms with van der Waals surface area (Å²) in [5.74, 6) is 0.260. The molecule has 1 aliphatic carbocycles. The highest BCUT2D eigenvalue weighted by atomic mass is 16.5. The minimum Gasteiger partial charge on any atom is -0.351 e. The summed E-state index contributed by atoms with van der Waals surface area (Å²) in [6.45, 7) is 8.26. The van der Waals surface area contributed by atoms with Crippen LogP contribution in [0.25, 0.3) is 5.69 Å². The number of fused-ring (bicyclic) bond motifs is 1. The third-order valence-electron chi connectivity index (χ3n) is 5.57. The number of aryl methyl sites for hydroxylation is 2. The van der Waals surface area contributed by atoms with E-state index in [1.807, 2.05) is 24.7 Å². The maximum absolute atomic E-state index is 12.6. The molecule has 1 N–H and O–H groups in total. The Hall–Kier alpha value is -2.89. The molecular weight excluding hydrogens is 352 g/mol. The van der Waals surface area contributed by atoms with E-state index in [0.29, 0.717) is 0 Å². The molecule has 0 radical (unpaired) electrons. The molecule has 1 atom stereocenters. The van der Waals surface area contributed by atoms with Crippen LogP contribution in [0.2, 0.25) is 0 Å². The van der Waals surface area contributed by atoms with Crippen LogP contribution >= 0.6 is 0 Å². The first-order valence-electron chi connectivity index (χ1n) is 9.86. The second-order valence-corrected chi connectivity index (χ2v) is 7.92. The van der Waals surface area contributed by atoms with Crippen LogP contribution in [0.4, 0.5) is 0 Å². The van der Waals surface area contributed by atoms with Gasteiger partial charge in [-0.3, -0.25) is 4.79 Å². The highest BCUT2D eigenvalue weighted by molar-refractivity contribution is 5.91. The molecular formula is C22H26N4O2. The number of aromatic nitrogens is 3. The van der Waals surface area contributed by atoms with Gasteiger partial charge in [0, 0.05) is 17.3 Å². The van der Waals surface area contributed by atoms with E-state index < -0.39 is 0 Å². The Labute approximate surface area is 164 Å². The number of carbonyl (C=O) groups is 1. The molecule has 0 spiro atoms. The van der Waals surface area contributed by atoms with Crippen LogP contribution in [0.1, 0.15) is 77.3 Å². The fourth-order valence-corrected chi connectivity index (χ4v) is 3.68. The second-order valence-electron chi connectivity index (χ2n) is 7.92. The summed E-state index contributed by atoms with van der Waals surface area (Å²) in [6, 6.07) is 8.04. The molecule has 2 aromatic heterocycles. The molecule has 0 saturated carbocycles. The average Bonchev–Trinajstić information content (AvgIpc) is 3.32. The minimum absolute atomic E-state index is 0.0656. The Morgan fingerprint density at radius 2 is 2.07 bits per heavy atom. The molecule has 1 unspecified atom stereocenters. The summed E-state index contributed by atoms with van der Waals surface area (Å²) in [5.41, 5.74) is 6.61. The molecule has 0 saturated heterocycles. The number of hydrogen-bond acceptors (Lipinski definition) is 4. The maximum Gasteiger partial charge on any atom is 0.290 e. The van der Waals surface area contributed by atoms with E-state index in [0.717, 1.165) is 36.2 Å². The smallest absolute Gasteiger partial charge is 0.290 e. The summed E-state index contributed by atoms with van der Waals surface area (Å²) in [5, 5.41) is 11.7. The number of hydrogen-bond donors (Lipinski definition) is 1. The van der Waals surface area contributed by atoms with E-state index in [2.05, 4.69) is 47.6 Å². The van der Waals surface area contributed by atoms with Crippen molar-refractivity contribution in [2.45, 2.75) is 58.9 Å². The van der Waals surface area contributed by atoms with Crippen molar-refractivity contribution in [3.63, 3.8) is 0 Å². The summed E-state index contributed by atoms with van der Waals surface area (Å²) in [4.78, 5) is 12.6. The zero-order chi connectivity index (χ0) is 19.8. The number of carbonyl (C=O) groups excluding carboxylic acids is 1. The van der Waals surface area contributed by atoms with Crippen molar-refractivity contribution < 1.29 is 9.32 Å². The molecule has 0 fully saturated rings. The molecule has 3 aromatic rings. The Kier molecular flexibility index (Phi) is 4.79. The molecule has 6 heteroatoms. The third-order valence-corrected chi connectivity index (χ3v) is 5.57. The second kappa shape index (κ2) is 7.26. The first-order chi connectivity index (χ1) is 13.4. The molecule has 28 heavy (non-hydrogen) atoms. The lowest BCUT2D eigenvalue weighted by atomic mass is 9.92. The van der Waals surface area contributed by atoms with E-state index in [1.54, 1.807) is 6.07 Å². The fraction of sp³-hybridized carbons (Fsp3) is 0.409. The van der Waals surface area contributed by atoms with Gasteiger partial charge in [0.15, 0.2) is 0 Å². The van der Waals surface area contributed by atoms with Gasteiger partial charge in [0.25, 0.3) is 5.91 Å². The number of nitrogens with zero attached hydrogens (tertiary/aromatic N) is 3. The van der Waals surface area contributed by atoms with E-state index in [9.17, 15) is 4.79 Å². The predicted octanol–water partition coefficient (Wildman–Crippen LogP) is 4.41. The van der Waals surface area contributed by atoms with Gasteiger partial charge >= 0.3 is 0 Å². The van der Waals surface area contributed by atoms with Crippen molar-refractivity contribution in [3.05, 3.63) is 64.3 Å². The highest BCUT2D eigenvalue weighted by Crippen LogP contribution is 2.31. The normalized spacial score (nSPS) is 16.2. The summed E-state index contributed by atoms with van der Waals surface area (Å²) < 4.78 is 7.24. The van der Waals surface area contributed by atoms with Gasteiger partial charge in [-0.1, -0.05) is 25.1 Å². The Bertz CT molecular complexity index is 1020. The molecule has 1 aromatic carbocycles. The Morgan fingerprint density at radius 1 is 1.25 bits per heavy atom. The number of benzene rings is 1. The van der Waals surface area contributed by atoms with Crippen molar-refractivity contribution >= 4 is 5.91 Å². The molecule has 146 valence electrons. The predicted molar refractivity (Wildman–Crippen MR) is 107 cm³/mol. The topological polar surface area (TPSA) is 73.0 Å². The first-order valence-corrected chi connectivity index (χ1v) is 9.86. The van der Waals surface area contributed by atoms with Crippen molar-refractivity contribution in [3.8, 4) is 5.69 Å². The standard InChI is InChI=1S/C22H26N4O2/c1-13(2)19-11-21(28-25-19)22(27)24-18-6-5-7-20-17(18)12-23-26(20)16-9-8-14(3)15(4)10-16/h8-13,18H,5-7H2,1-4H3,(H,24,27). The van der Waals surface area contributed by atoms with E-state index in [1.165, 1.54) is 16.8 Å². The van der Waals surface area contributed by atoms with Gasteiger partial charge in [-0.15, -0.1) is 0 Å². The number of rotatable bonds is 4. The van der Waals surface area contributed by atoms with Crippen LogP contribution in [0.15, 0.2) is 35.0 Å². The maximum atomic E-state index is 12.6. The number of nitrogens with one attached hydrogen (secondary N) is 1. The zero-order valence-corrected chi connectivity index (χ0v) is 16.8. The molecule has 1 aliphatic rings. The lowest BCUT2D eigenvalue weighted by molar-refractivity contribution is 0.0895. The molecule has 6 nitrogen and oxygen atoms in total. The Morgan fingerprint density at radius 3 is 2.79 bits per heavy atom. The highest BCUT2D eigenvalue weighted by Gasteiger charge is 2.27. The van der Waals surface area contributed by atoms with Crippen LogP contribution < -0.4 is 5.32 Å². The zero-order valence-electron chi connectivity index (χ0n) is 16.8. The number of amides is 1. The van der Waals surface area contributed by atoms with Crippen LogP contribution in [0.3, 0.4) is 0 Å². The van der Waals surface area contributed by atoms with E-state index in [-0.39, 0.29) is 23.6 Å². The molecule has 1 amide bonds. The summed E-state index contributed by atoms with van der Waals surface area (Å²) >= 11 is 0.